The van der Waals surface area contributed by atoms with Crippen LogP contribution in [-0.2, 0) is 0 Å². The first-order valence-corrected chi connectivity index (χ1v) is 7.94. The molecule has 5 heteroatoms. The van der Waals surface area contributed by atoms with Crippen LogP contribution in [0, 0.1) is 5.82 Å². The second-order valence-corrected chi connectivity index (χ2v) is 5.97. The Morgan fingerprint density at radius 3 is 2.67 bits per heavy atom. The number of hydrogen-bond donors (Lipinski definition) is 1. The molecule has 0 saturated heterocycles. The van der Waals surface area contributed by atoms with Crippen LogP contribution in [0.3, 0.4) is 0 Å². The van der Waals surface area contributed by atoms with Crippen LogP contribution in [0.15, 0.2) is 53.4 Å². The predicted molar refractivity (Wildman–Crippen MR) is 85.5 cm³/mol. The molecule has 1 N–H and O–H groups in total. The van der Waals surface area contributed by atoms with E-state index >= 15 is 0 Å². The van der Waals surface area contributed by atoms with Crippen LogP contribution in [0.25, 0.3) is 0 Å². The molecule has 2 aromatic rings. The third-order valence-electron chi connectivity index (χ3n) is 2.79. The van der Waals surface area contributed by atoms with Gasteiger partial charge in [0.05, 0.1) is 10.6 Å². The molecule has 0 spiro atoms. The standard InChI is InChI=1S/C16H15ClFNOS/c17-15-11-12(18)7-8-14(15)16(20)19-9-4-10-21-13-5-2-1-3-6-13/h1-3,5-8,11H,4,9-10H2,(H,19,20). The van der Waals surface area contributed by atoms with Crippen LogP contribution in [0.2, 0.25) is 5.02 Å². The van der Waals surface area contributed by atoms with Crippen molar-refractivity contribution in [1.82, 2.24) is 5.32 Å². The summed E-state index contributed by atoms with van der Waals surface area (Å²) in [6.45, 7) is 0.562. The van der Waals surface area contributed by atoms with Gasteiger partial charge < -0.3 is 5.32 Å². The van der Waals surface area contributed by atoms with E-state index in [1.807, 2.05) is 18.2 Å². The lowest BCUT2D eigenvalue weighted by atomic mass is 10.2. The maximum atomic E-state index is 12.9. The number of hydrogen-bond acceptors (Lipinski definition) is 2. The monoisotopic (exact) mass is 323 g/mol. The fourth-order valence-electron chi connectivity index (χ4n) is 1.75. The van der Waals surface area contributed by atoms with E-state index in [0.717, 1.165) is 18.2 Å². The molecular formula is C16H15ClFNOS. The number of halogens is 2. The molecule has 0 fully saturated rings. The first kappa shape index (κ1) is 15.9. The summed E-state index contributed by atoms with van der Waals surface area (Å²) in [5.41, 5.74) is 0.300. The van der Waals surface area contributed by atoms with Gasteiger partial charge >= 0.3 is 0 Å². The maximum Gasteiger partial charge on any atom is 0.252 e. The van der Waals surface area contributed by atoms with Crippen LogP contribution in [0.5, 0.6) is 0 Å². The highest BCUT2D eigenvalue weighted by atomic mass is 35.5. The summed E-state index contributed by atoms with van der Waals surface area (Å²) in [6, 6.07) is 13.9. The number of carbonyl (C=O) groups is 1. The van der Waals surface area contributed by atoms with Gasteiger partial charge in [0.15, 0.2) is 0 Å². The highest BCUT2D eigenvalue weighted by molar-refractivity contribution is 7.99. The van der Waals surface area contributed by atoms with Gasteiger partial charge in [0.25, 0.3) is 5.91 Å². The molecule has 0 radical (unpaired) electrons. The zero-order valence-electron chi connectivity index (χ0n) is 11.3. The molecule has 0 heterocycles. The van der Waals surface area contributed by atoms with Gasteiger partial charge in [-0.15, -0.1) is 11.8 Å². The molecule has 0 aliphatic carbocycles. The molecule has 0 atom stereocenters. The van der Waals surface area contributed by atoms with E-state index in [1.54, 1.807) is 11.8 Å². The van der Waals surface area contributed by atoms with Gasteiger partial charge in [0.2, 0.25) is 0 Å². The Hall–Kier alpha value is -1.52. The zero-order chi connectivity index (χ0) is 15.1. The molecule has 0 saturated carbocycles. The van der Waals surface area contributed by atoms with Crippen molar-refractivity contribution >= 4 is 29.3 Å². The van der Waals surface area contributed by atoms with Gasteiger partial charge in [-0.05, 0) is 42.5 Å². The Labute approximate surface area is 132 Å². The van der Waals surface area contributed by atoms with Crippen molar-refractivity contribution in [1.29, 1.82) is 0 Å². The van der Waals surface area contributed by atoms with Gasteiger partial charge in [-0.2, -0.15) is 0 Å². The van der Waals surface area contributed by atoms with Crippen molar-refractivity contribution in [3.05, 3.63) is 64.9 Å². The quantitative estimate of drug-likeness (QED) is 0.631. The highest BCUT2D eigenvalue weighted by Gasteiger charge is 2.10. The summed E-state index contributed by atoms with van der Waals surface area (Å²) in [4.78, 5) is 13.1. The normalized spacial score (nSPS) is 10.4. The lowest BCUT2D eigenvalue weighted by molar-refractivity contribution is 0.0954. The van der Waals surface area contributed by atoms with E-state index in [9.17, 15) is 9.18 Å². The van der Waals surface area contributed by atoms with E-state index in [4.69, 9.17) is 11.6 Å². The molecule has 2 aromatic carbocycles. The van der Waals surface area contributed by atoms with Crippen molar-refractivity contribution in [3.8, 4) is 0 Å². The third-order valence-corrected chi connectivity index (χ3v) is 4.21. The molecule has 110 valence electrons. The lowest BCUT2D eigenvalue weighted by Gasteiger charge is -2.07. The van der Waals surface area contributed by atoms with Gasteiger partial charge in [-0.25, -0.2) is 4.39 Å². The number of amides is 1. The average Bonchev–Trinajstić information content (AvgIpc) is 2.47. The van der Waals surface area contributed by atoms with Gasteiger partial charge in [-0.1, -0.05) is 29.8 Å². The molecular weight excluding hydrogens is 309 g/mol. The summed E-state index contributed by atoms with van der Waals surface area (Å²) in [5.74, 6) is 0.196. The minimum Gasteiger partial charge on any atom is -0.352 e. The van der Waals surface area contributed by atoms with Crippen LogP contribution < -0.4 is 5.32 Å². The van der Waals surface area contributed by atoms with E-state index in [-0.39, 0.29) is 10.9 Å². The van der Waals surface area contributed by atoms with Gasteiger partial charge in [-0.3, -0.25) is 4.79 Å². The molecule has 0 aliphatic heterocycles. The van der Waals surface area contributed by atoms with Gasteiger partial charge in [0.1, 0.15) is 5.82 Å². The van der Waals surface area contributed by atoms with E-state index in [1.165, 1.54) is 17.0 Å². The number of benzene rings is 2. The smallest absolute Gasteiger partial charge is 0.252 e. The molecule has 1 amide bonds. The van der Waals surface area contributed by atoms with Crippen LogP contribution in [-0.4, -0.2) is 18.2 Å². The molecule has 0 bridgehead atoms. The van der Waals surface area contributed by atoms with Crippen molar-refractivity contribution in [2.24, 2.45) is 0 Å². The average molecular weight is 324 g/mol. The first-order valence-electron chi connectivity index (χ1n) is 6.58. The Bertz CT molecular complexity index is 606. The largest absolute Gasteiger partial charge is 0.352 e. The van der Waals surface area contributed by atoms with Crippen molar-refractivity contribution < 1.29 is 9.18 Å². The van der Waals surface area contributed by atoms with Crippen molar-refractivity contribution in [3.63, 3.8) is 0 Å². The number of thioether (sulfide) groups is 1. The molecule has 0 unspecified atom stereocenters. The zero-order valence-corrected chi connectivity index (χ0v) is 12.9. The van der Waals surface area contributed by atoms with Crippen LogP contribution in [0.4, 0.5) is 4.39 Å². The Morgan fingerprint density at radius 1 is 1.19 bits per heavy atom. The third kappa shape index (κ3) is 5.06. The van der Waals surface area contributed by atoms with Crippen molar-refractivity contribution in [2.75, 3.05) is 12.3 Å². The molecule has 2 rings (SSSR count). The summed E-state index contributed by atoms with van der Waals surface area (Å²) >= 11 is 7.59. The second kappa shape index (κ2) is 8.05. The Morgan fingerprint density at radius 2 is 1.95 bits per heavy atom. The van der Waals surface area contributed by atoms with Crippen LogP contribution in [0.1, 0.15) is 16.8 Å². The maximum absolute atomic E-state index is 12.9. The summed E-state index contributed by atoms with van der Waals surface area (Å²) in [5, 5.41) is 2.92. The fraction of sp³-hybridized carbons (Fsp3) is 0.188. The van der Waals surface area contributed by atoms with E-state index in [2.05, 4.69) is 17.4 Å². The molecule has 2 nitrogen and oxygen atoms in total. The topological polar surface area (TPSA) is 29.1 Å². The molecule has 21 heavy (non-hydrogen) atoms. The molecule has 0 aromatic heterocycles. The summed E-state index contributed by atoms with van der Waals surface area (Å²) < 4.78 is 12.9. The minimum absolute atomic E-state index is 0.131. The Kier molecular flexibility index (Phi) is 6.08. The number of carbonyl (C=O) groups excluding carboxylic acids is 1. The van der Waals surface area contributed by atoms with E-state index < -0.39 is 5.82 Å². The first-order chi connectivity index (χ1) is 10.2. The number of rotatable bonds is 6. The molecule has 0 aliphatic rings. The Balaban J connectivity index is 1.72. The predicted octanol–water partition coefficient (Wildman–Crippen LogP) is 4.39. The highest BCUT2D eigenvalue weighted by Crippen LogP contribution is 2.18. The number of nitrogens with one attached hydrogen (secondary N) is 1. The minimum atomic E-state index is -0.448. The van der Waals surface area contributed by atoms with Crippen LogP contribution >= 0.6 is 23.4 Å². The fourth-order valence-corrected chi connectivity index (χ4v) is 2.88. The second-order valence-electron chi connectivity index (χ2n) is 4.40. The SMILES string of the molecule is O=C(NCCCSc1ccccc1)c1ccc(F)cc1Cl. The van der Waals surface area contributed by atoms with E-state index in [0.29, 0.717) is 12.1 Å². The lowest BCUT2D eigenvalue weighted by Crippen LogP contribution is -2.25. The van der Waals surface area contributed by atoms with Crippen molar-refractivity contribution in [2.45, 2.75) is 11.3 Å². The van der Waals surface area contributed by atoms with Gasteiger partial charge in [0, 0.05) is 11.4 Å². The summed E-state index contributed by atoms with van der Waals surface area (Å²) in [7, 11) is 0. The summed E-state index contributed by atoms with van der Waals surface area (Å²) in [6.07, 6.45) is 0.851.